The van der Waals surface area contributed by atoms with Gasteiger partial charge in [-0.2, -0.15) is 0 Å². The van der Waals surface area contributed by atoms with Gasteiger partial charge >= 0.3 is 0 Å². The molecule has 0 aromatic heterocycles. The van der Waals surface area contributed by atoms with Crippen molar-refractivity contribution < 1.29 is 9.50 Å². The standard InChI is InChI=1S/C13H17FO/c1-10-5-4-8-13(15,9-10)11-6-2-3-7-12(11)14/h2-3,6-7,10,15H,4-5,8-9H2,1H3/t10-,13+/m0/s1. The second kappa shape index (κ2) is 3.93. The lowest BCUT2D eigenvalue weighted by molar-refractivity contribution is -0.0207. The number of aliphatic hydroxyl groups is 1. The number of hydrogen-bond donors (Lipinski definition) is 1. The molecule has 1 aliphatic carbocycles. The largest absolute Gasteiger partial charge is 0.385 e. The van der Waals surface area contributed by atoms with Gasteiger partial charge in [-0.1, -0.05) is 31.5 Å². The third kappa shape index (κ3) is 2.05. The van der Waals surface area contributed by atoms with Gasteiger partial charge in [0.05, 0.1) is 5.60 Å². The molecule has 0 aliphatic heterocycles. The molecule has 1 aliphatic rings. The van der Waals surface area contributed by atoms with Crippen molar-refractivity contribution >= 4 is 0 Å². The summed E-state index contributed by atoms with van der Waals surface area (Å²) in [6.07, 6.45) is 3.47. The van der Waals surface area contributed by atoms with E-state index in [0.29, 0.717) is 24.3 Å². The lowest BCUT2D eigenvalue weighted by Gasteiger charge is -2.36. The van der Waals surface area contributed by atoms with Crippen LogP contribution in [0.5, 0.6) is 0 Å². The van der Waals surface area contributed by atoms with Gasteiger partial charge in [0.15, 0.2) is 0 Å². The van der Waals surface area contributed by atoms with E-state index < -0.39 is 5.60 Å². The topological polar surface area (TPSA) is 20.2 Å². The molecule has 0 spiro atoms. The number of benzene rings is 1. The molecule has 0 bridgehead atoms. The zero-order valence-corrected chi connectivity index (χ0v) is 9.04. The molecule has 1 saturated carbocycles. The number of hydrogen-bond acceptors (Lipinski definition) is 1. The first kappa shape index (κ1) is 10.6. The molecule has 2 atom stereocenters. The van der Waals surface area contributed by atoms with Crippen LogP contribution in [0, 0.1) is 11.7 Å². The smallest absolute Gasteiger partial charge is 0.129 e. The Kier molecular flexibility index (Phi) is 2.79. The first-order valence-corrected chi connectivity index (χ1v) is 5.59. The lowest BCUT2D eigenvalue weighted by atomic mass is 9.75. The van der Waals surface area contributed by atoms with Gasteiger partial charge in [0, 0.05) is 5.56 Å². The second-order valence-electron chi connectivity index (χ2n) is 4.71. The van der Waals surface area contributed by atoms with Gasteiger partial charge < -0.3 is 5.11 Å². The third-order valence-electron chi connectivity index (χ3n) is 3.35. The predicted octanol–water partition coefficient (Wildman–Crippen LogP) is 3.22. The van der Waals surface area contributed by atoms with E-state index in [1.165, 1.54) is 6.07 Å². The van der Waals surface area contributed by atoms with Gasteiger partial charge in [-0.3, -0.25) is 0 Å². The molecule has 0 saturated heterocycles. The summed E-state index contributed by atoms with van der Waals surface area (Å²) in [5.41, 5.74) is -0.472. The zero-order valence-electron chi connectivity index (χ0n) is 9.04. The van der Waals surface area contributed by atoms with Crippen molar-refractivity contribution in [3.63, 3.8) is 0 Å². The fraction of sp³-hybridized carbons (Fsp3) is 0.538. The van der Waals surface area contributed by atoms with Crippen molar-refractivity contribution in [2.75, 3.05) is 0 Å². The third-order valence-corrected chi connectivity index (χ3v) is 3.35. The van der Waals surface area contributed by atoms with Crippen LogP contribution in [0.4, 0.5) is 4.39 Å². The fourth-order valence-electron chi connectivity index (χ4n) is 2.61. The van der Waals surface area contributed by atoms with Crippen LogP contribution in [0.2, 0.25) is 0 Å². The predicted molar refractivity (Wildman–Crippen MR) is 57.9 cm³/mol. The molecule has 0 amide bonds. The first-order valence-electron chi connectivity index (χ1n) is 5.59. The van der Waals surface area contributed by atoms with Crippen molar-refractivity contribution in [2.24, 2.45) is 5.92 Å². The highest BCUT2D eigenvalue weighted by Gasteiger charge is 2.35. The van der Waals surface area contributed by atoms with Crippen LogP contribution in [0.25, 0.3) is 0 Å². The molecule has 0 radical (unpaired) electrons. The molecule has 0 heterocycles. The summed E-state index contributed by atoms with van der Waals surface area (Å²) in [4.78, 5) is 0. The molecular weight excluding hydrogens is 191 g/mol. The van der Waals surface area contributed by atoms with Gasteiger partial charge in [0.25, 0.3) is 0 Å². The van der Waals surface area contributed by atoms with Crippen LogP contribution in [0.1, 0.15) is 38.2 Å². The van der Waals surface area contributed by atoms with Crippen LogP contribution >= 0.6 is 0 Å². The summed E-state index contributed by atoms with van der Waals surface area (Å²) in [6.45, 7) is 2.12. The Morgan fingerprint density at radius 3 is 2.80 bits per heavy atom. The van der Waals surface area contributed by atoms with E-state index in [-0.39, 0.29) is 5.82 Å². The molecule has 0 unspecified atom stereocenters. The summed E-state index contributed by atoms with van der Waals surface area (Å²) in [7, 11) is 0. The Morgan fingerprint density at radius 1 is 1.40 bits per heavy atom. The van der Waals surface area contributed by atoms with Crippen molar-refractivity contribution in [2.45, 2.75) is 38.2 Å². The van der Waals surface area contributed by atoms with Crippen molar-refractivity contribution in [3.8, 4) is 0 Å². The number of halogens is 1. The Labute approximate surface area is 89.9 Å². The maximum Gasteiger partial charge on any atom is 0.129 e. The molecule has 1 aromatic carbocycles. The second-order valence-corrected chi connectivity index (χ2v) is 4.71. The highest BCUT2D eigenvalue weighted by molar-refractivity contribution is 5.24. The number of rotatable bonds is 1. The van der Waals surface area contributed by atoms with Crippen molar-refractivity contribution in [3.05, 3.63) is 35.6 Å². The average Bonchev–Trinajstić information content (AvgIpc) is 2.17. The minimum Gasteiger partial charge on any atom is -0.385 e. The van der Waals surface area contributed by atoms with Gasteiger partial charge in [0.2, 0.25) is 0 Å². The monoisotopic (exact) mass is 208 g/mol. The Hall–Kier alpha value is -0.890. The van der Waals surface area contributed by atoms with Crippen LogP contribution < -0.4 is 0 Å². The van der Waals surface area contributed by atoms with Crippen molar-refractivity contribution in [1.82, 2.24) is 0 Å². The maximum atomic E-state index is 13.6. The van der Waals surface area contributed by atoms with Crippen LogP contribution in [-0.4, -0.2) is 5.11 Å². The van der Waals surface area contributed by atoms with Crippen molar-refractivity contribution in [1.29, 1.82) is 0 Å². The minimum absolute atomic E-state index is 0.283. The van der Waals surface area contributed by atoms with Crippen LogP contribution in [0.3, 0.4) is 0 Å². The molecule has 1 nitrogen and oxygen atoms in total. The quantitative estimate of drug-likeness (QED) is 0.751. The molecule has 1 aromatic rings. The van der Waals surface area contributed by atoms with E-state index in [9.17, 15) is 9.50 Å². The molecule has 1 N–H and O–H groups in total. The van der Waals surface area contributed by atoms with Gasteiger partial charge in [-0.25, -0.2) is 4.39 Å². The highest BCUT2D eigenvalue weighted by Crippen LogP contribution is 2.40. The molecule has 1 fully saturated rings. The van der Waals surface area contributed by atoms with E-state index in [0.717, 1.165) is 12.8 Å². The normalized spacial score (nSPS) is 31.5. The van der Waals surface area contributed by atoms with E-state index in [4.69, 9.17) is 0 Å². The SMILES string of the molecule is C[C@H]1CCC[C@](O)(c2ccccc2F)C1. The van der Waals surface area contributed by atoms with Gasteiger partial charge in [-0.15, -0.1) is 0 Å². The first-order chi connectivity index (χ1) is 7.12. The van der Waals surface area contributed by atoms with E-state index in [1.807, 2.05) is 0 Å². The molecule has 2 heteroatoms. The van der Waals surface area contributed by atoms with Gasteiger partial charge in [0.1, 0.15) is 5.82 Å². The van der Waals surface area contributed by atoms with Gasteiger partial charge in [-0.05, 0) is 31.2 Å². The Bertz CT molecular complexity index is 350. The van der Waals surface area contributed by atoms with E-state index >= 15 is 0 Å². The summed E-state index contributed by atoms with van der Waals surface area (Å²) in [5, 5.41) is 10.5. The van der Waals surface area contributed by atoms with E-state index in [2.05, 4.69) is 6.92 Å². The van der Waals surface area contributed by atoms with E-state index in [1.54, 1.807) is 18.2 Å². The summed E-state index contributed by atoms with van der Waals surface area (Å²) < 4.78 is 13.6. The Morgan fingerprint density at radius 2 is 2.13 bits per heavy atom. The average molecular weight is 208 g/mol. The van der Waals surface area contributed by atoms with Crippen LogP contribution in [0.15, 0.2) is 24.3 Å². The minimum atomic E-state index is -0.941. The fourth-order valence-corrected chi connectivity index (χ4v) is 2.61. The molecule has 82 valence electrons. The molecular formula is C13H17FO. The zero-order chi connectivity index (χ0) is 10.9. The summed E-state index contributed by atoms with van der Waals surface area (Å²) >= 11 is 0. The molecule has 2 rings (SSSR count). The maximum absolute atomic E-state index is 13.6. The van der Waals surface area contributed by atoms with Crippen LogP contribution in [-0.2, 0) is 5.60 Å². The Balaban J connectivity index is 2.32. The molecule has 15 heavy (non-hydrogen) atoms. The highest BCUT2D eigenvalue weighted by atomic mass is 19.1. The summed E-state index contributed by atoms with van der Waals surface area (Å²) in [6, 6.07) is 6.57. The summed E-state index contributed by atoms with van der Waals surface area (Å²) in [5.74, 6) is 0.192. The lowest BCUT2D eigenvalue weighted by Crippen LogP contribution is -2.32.